The van der Waals surface area contributed by atoms with Crippen molar-refractivity contribution in [3.8, 4) is 0 Å². The number of halogens is 2. The summed E-state index contributed by atoms with van der Waals surface area (Å²) in [6.07, 6.45) is 0.565. The van der Waals surface area contributed by atoms with Gasteiger partial charge in [-0.05, 0) is 49.7 Å². The first kappa shape index (κ1) is 25.3. The SMILES string of the molecule is CC(=O)Nc1ccc([C@@H](C)N2CCn3nc4c(c3C2=O)CN(C(=O)c2ccc(Cl)c(Cl)c2)[C@H](C)C4)cc1. The number of benzene rings is 2. The van der Waals surface area contributed by atoms with Crippen molar-refractivity contribution in [2.75, 3.05) is 11.9 Å². The van der Waals surface area contributed by atoms with Crippen LogP contribution in [0.2, 0.25) is 10.0 Å². The summed E-state index contributed by atoms with van der Waals surface area (Å²) in [5.74, 6) is -0.398. The third-order valence-electron chi connectivity index (χ3n) is 7.11. The van der Waals surface area contributed by atoms with Gasteiger partial charge in [-0.1, -0.05) is 35.3 Å². The predicted octanol–water partition coefficient (Wildman–Crippen LogP) is 4.95. The number of hydrogen-bond acceptors (Lipinski definition) is 4. The Morgan fingerprint density at radius 3 is 2.49 bits per heavy atom. The number of amides is 3. The summed E-state index contributed by atoms with van der Waals surface area (Å²) in [7, 11) is 0. The van der Waals surface area contributed by atoms with Crippen molar-refractivity contribution in [1.29, 1.82) is 0 Å². The second-order valence-corrected chi connectivity index (χ2v) is 10.4. The second-order valence-electron chi connectivity index (χ2n) is 9.59. The highest BCUT2D eigenvalue weighted by Crippen LogP contribution is 2.33. The highest BCUT2D eigenvalue weighted by atomic mass is 35.5. The van der Waals surface area contributed by atoms with E-state index in [4.69, 9.17) is 28.3 Å². The van der Waals surface area contributed by atoms with Crippen molar-refractivity contribution < 1.29 is 14.4 Å². The minimum Gasteiger partial charge on any atom is -0.331 e. The number of anilines is 1. The molecule has 1 N–H and O–H groups in total. The average Bonchev–Trinajstić information content (AvgIpc) is 3.22. The Morgan fingerprint density at radius 1 is 1.08 bits per heavy atom. The lowest BCUT2D eigenvalue weighted by atomic mass is 9.97. The maximum Gasteiger partial charge on any atom is 0.273 e. The smallest absolute Gasteiger partial charge is 0.273 e. The lowest BCUT2D eigenvalue weighted by Crippen LogP contribution is -2.44. The van der Waals surface area contributed by atoms with Gasteiger partial charge in [0.1, 0.15) is 5.69 Å². The molecule has 192 valence electrons. The Hall–Kier alpha value is -3.36. The summed E-state index contributed by atoms with van der Waals surface area (Å²) < 4.78 is 1.79. The van der Waals surface area contributed by atoms with Crippen molar-refractivity contribution in [3.05, 3.63) is 80.6 Å². The van der Waals surface area contributed by atoms with Crippen LogP contribution in [0.1, 0.15) is 64.5 Å². The fourth-order valence-corrected chi connectivity index (χ4v) is 5.40. The Balaban J connectivity index is 1.40. The molecule has 37 heavy (non-hydrogen) atoms. The van der Waals surface area contributed by atoms with E-state index >= 15 is 0 Å². The molecule has 8 nitrogen and oxygen atoms in total. The van der Waals surface area contributed by atoms with Crippen LogP contribution in [0.25, 0.3) is 0 Å². The highest BCUT2D eigenvalue weighted by Gasteiger charge is 2.38. The van der Waals surface area contributed by atoms with Gasteiger partial charge in [0.2, 0.25) is 5.91 Å². The quantitative estimate of drug-likeness (QED) is 0.507. The first-order valence-corrected chi connectivity index (χ1v) is 12.9. The first-order chi connectivity index (χ1) is 17.6. The van der Waals surface area contributed by atoms with Gasteiger partial charge in [-0.25, -0.2) is 0 Å². The number of carbonyl (C=O) groups excluding carboxylic acids is 3. The van der Waals surface area contributed by atoms with E-state index < -0.39 is 0 Å². The molecule has 0 radical (unpaired) electrons. The molecule has 5 rings (SSSR count). The summed E-state index contributed by atoms with van der Waals surface area (Å²) >= 11 is 12.2. The molecule has 2 atom stereocenters. The standard InChI is InChI=1S/C27H27Cl2N5O3/c1-15-12-24-21(14-33(15)26(36)19-6-9-22(28)23(29)13-19)25-27(37)32(10-11-34(25)31-24)16(2)18-4-7-20(8-5-18)30-17(3)35/h4-9,13,15-16H,10-12,14H2,1-3H3,(H,30,35)/t15-,16-/m1/s1. The number of rotatable bonds is 4. The largest absolute Gasteiger partial charge is 0.331 e. The molecule has 1 aromatic heterocycles. The minimum atomic E-state index is -0.172. The summed E-state index contributed by atoms with van der Waals surface area (Å²) in [5, 5.41) is 8.22. The number of nitrogens with one attached hydrogen (secondary N) is 1. The molecular weight excluding hydrogens is 513 g/mol. The van der Waals surface area contributed by atoms with Crippen LogP contribution in [0.3, 0.4) is 0 Å². The molecule has 0 aliphatic carbocycles. The summed E-state index contributed by atoms with van der Waals surface area (Å²) in [6.45, 7) is 6.85. The average molecular weight is 540 g/mol. The number of nitrogens with zero attached hydrogens (tertiary/aromatic N) is 4. The molecule has 3 aromatic rings. The van der Waals surface area contributed by atoms with Crippen LogP contribution in [0, 0.1) is 0 Å². The van der Waals surface area contributed by atoms with Gasteiger partial charge in [0.25, 0.3) is 11.8 Å². The third-order valence-corrected chi connectivity index (χ3v) is 7.85. The van der Waals surface area contributed by atoms with Crippen LogP contribution in [0.15, 0.2) is 42.5 Å². The molecule has 10 heteroatoms. The zero-order valence-corrected chi connectivity index (χ0v) is 22.3. The highest BCUT2D eigenvalue weighted by molar-refractivity contribution is 6.42. The van der Waals surface area contributed by atoms with Crippen molar-refractivity contribution in [3.63, 3.8) is 0 Å². The Labute approximate surface area is 225 Å². The predicted molar refractivity (Wildman–Crippen MR) is 142 cm³/mol. The topological polar surface area (TPSA) is 87.5 Å². The number of fused-ring (bicyclic) bond motifs is 3. The third kappa shape index (κ3) is 4.71. The molecule has 0 spiro atoms. The van der Waals surface area contributed by atoms with E-state index in [1.54, 1.807) is 27.8 Å². The van der Waals surface area contributed by atoms with Gasteiger partial charge in [0.05, 0.1) is 34.9 Å². The molecule has 3 amide bonds. The van der Waals surface area contributed by atoms with Gasteiger partial charge in [-0.3, -0.25) is 19.1 Å². The molecule has 0 unspecified atom stereocenters. The van der Waals surface area contributed by atoms with E-state index in [0.29, 0.717) is 53.0 Å². The summed E-state index contributed by atoms with van der Waals surface area (Å²) in [6, 6.07) is 12.1. The van der Waals surface area contributed by atoms with Crippen LogP contribution in [0.4, 0.5) is 5.69 Å². The van der Waals surface area contributed by atoms with Gasteiger partial charge < -0.3 is 15.1 Å². The fourth-order valence-electron chi connectivity index (χ4n) is 5.10. The van der Waals surface area contributed by atoms with Crippen molar-refractivity contribution in [2.24, 2.45) is 0 Å². The molecule has 2 aromatic carbocycles. The van der Waals surface area contributed by atoms with E-state index in [1.807, 2.05) is 43.0 Å². The Morgan fingerprint density at radius 2 is 1.81 bits per heavy atom. The van der Waals surface area contributed by atoms with Crippen LogP contribution >= 0.6 is 23.2 Å². The van der Waals surface area contributed by atoms with Crippen LogP contribution in [-0.2, 0) is 24.3 Å². The van der Waals surface area contributed by atoms with E-state index in [2.05, 4.69) is 5.32 Å². The molecule has 0 fully saturated rings. The summed E-state index contributed by atoms with van der Waals surface area (Å²) in [4.78, 5) is 42.1. The number of hydrogen-bond donors (Lipinski definition) is 1. The lowest BCUT2D eigenvalue weighted by molar-refractivity contribution is -0.114. The Kier molecular flexibility index (Phi) is 6.72. The van der Waals surface area contributed by atoms with Crippen LogP contribution in [0.5, 0.6) is 0 Å². The zero-order valence-electron chi connectivity index (χ0n) is 20.8. The van der Waals surface area contributed by atoms with E-state index in [1.165, 1.54) is 6.92 Å². The lowest BCUT2D eigenvalue weighted by Gasteiger charge is -2.35. The van der Waals surface area contributed by atoms with Crippen molar-refractivity contribution in [2.45, 2.75) is 52.4 Å². The Bertz CT molecular complexity index is 1400. The molecule has 2 aliphatic heterocycles. The van der Waals surface area contributed by atoms with E-state index in [9.17, 15) is 14.4 Å². The van der Waals surface area contributed by atoms with Crippen molar-refractivity contribution in [1.82, 2.24) is 19.6 Å². The van der Waals surface area contributed by atoms with Crippen LogP contribution < -0.4 is 5.32 Å². The molecule has 3 heterocycles. The molecule has 0 bridgehead atoms. The second kappa shape index (κ2) is 9.84. The van der Waals surface area contributed by atoms with Gasteiger partial charge in [0.15, 0.2) is 0 Å². The van der Waals surface area contributed by atoms with Crippen molar-refractivity contribution >= 4 is 46.6 Å². The van der Waals surface area contributed by atoms with E-state index in [0.717, 1.165) is 16.8 Å². The monoisotopic (exact) mass is 539 g/mol. The van der Waals surface area contributed by atoms with Gasteiger partial charge >= 0.3 is 0 Å². The maximum atomic E-state index is 13.8. The zero-order chi connectivity index (χ0) is 26.4. The normalized spacial score (nSPS) is 17.8. The number of carbonyl (C=O) groups is 3. The van der Waals surface area contributed by atoms with Gasteiger partial charge in [0, 0.05) is 42.7 Å². The van der Waals surface area contributed by atoms with E-state index in [-0.39, 0.29) is 29.8 Å². The molecular formula is C27H27Cl2N5O3. The van der Waals surface area contributed by atoms with Gasteiger partial charge in [-0.2, -0.15) is 5.10 Å². The molecule has 2 aliphatic rings. The van der Waals surface area contributed by atoms with Crippen LogP contribution in [-0.4, -0.2) is 49.9 Å². The number of aromatic nitrogens is 2. The first-order valence-electron chi connectivity index (χ1n) is 12.2. The maximum absolute atomic E-state index is 13.8. The summed E-state index contributed by atoms with van der Waals surface area (Å²) in [5.41, 5.74) is 4.34. The van der Waals surface area contributed by atoms with Gasteiger partial charge in [-0.15, -0.1) is 0 Å². The molecule has 0 saturated heterocycles. The fraction of sp³-hybridized carbons (Fsp3) is 0.333. The molecule has 0 saturated carbocycles. The minimum absolute atomic E-state index is 0.0846.